The number of amides is 4. The van der Waals surface area contributed by atoms with Crippen LogP contribution in [-0.2, 0) is 23.9 Å². The normalized spacial score (nSPS) is 17.6. The third kappa shape index (κ3) is 11.3. The van der Waals surface area contributed by atoms with Gasteiger partial charge >= 0.3 is 0 Å². The van der Waals surface area contributed by atoms with E-state index < -0.39 is 16.2 Å². The maximum Gasteiger partial charge on any atom is 0.242 e. The van der Waals surface area contributed by atoms with E-state index in [9.17, 15) is 24.3 Å². The van der Waals surface area contributed by atoms with Crippen LogP contribution >= 0.6 is 11.8 Å². The summed E-state index contributed by atoms with van der Waals surface area (Å²) in [6, 6.07) is 0. The zero-order chi connectivity index (χ0) is 26.8. The highest BCUT2D eigenvalue weighted by Crippen LogP contribution is 2.38. The molecule has 0 aromatic rings. The maximum absolute atomic E-state index is 12.8. The van der Waals surface area contributed by atoms with Gasteiger partial charge in [0.1, 0.15) is 6.23 Å². The molecule has 0 radical (unpaired) electrons. The number of aliphatic hydroxyl groups excluding tert-OH is 1. The zero-order valence-corrected chi connectivity index (χ0v) is 23.3. The Morgan fingerprint density at radius 1 is 1.23 bits per heavy atom. The van der Waals surface area contributed by atoms with E-state index in [2.05, 4.69) is 12.2 Å². The topological polar surface area (TPSA) is 116 Å². The molecular weight excluding hydrogens is 470 g/mol. The van der Waals surface area contributed by atoms with Crippen LogP contribution in [0.25, 0.3) is 0 Å². The summed E-state index contributed by atoms with van der Waals surface area (Å²) in [5.41, 5.74) is -0.322. The van der Waals surface area contributed by atoms with Crippen LogP contribution in [0.15, 0.2) is 0 Å². The Kier molecular flexibility index (Phi) is 12.7. The fourth-order valence-corrected chi connectivity index (χ4v) is 5.03. The van der Waals surface area contributed by atoms with Crippen LogP contribution in [-0.4, -0.2) is 87.1 Å². The molecule has 1 fully saturated rings. The Morgan fingerprint density at radius 2 is 1.89 bits per heavy atom. The number of nitrogens with one attached hydrogen (secondary N) is 1. The van der Waals surface area contributed by atoms with Crippen LogP contribution in [0.4, 0.5) is 0 Å². The van der Waals surface area contributed by atoms with Crippen LogP contribution in [0.2, 0.25) is 0 Å². The predicted octanol–water partition coefficient (Wildman–Crippen LogP) is 2.69. The first-order valence-electron chi connectivity index (χ1n) is 12.6. The van der Waals surface area contributed by atoms with Crippen molar-refractivity contribution in [1.82, 2.24) is 15.1 Å². The number of aliphatic hydroxyl groups is 1. The summed E-state index contributed by atoms with van der Waals surface area (Å²) >= 11 is 1.39. The van der Waals surface area contributed by atoms with Crippen LogP contribution in [0.3, 0.4) is 0 Å². The Labute approximate surface area is 214 Å². The highest BCUT2D eigenvalue weighted by atomic mass is 32.2. The molecule has 1 heterocycles. The highest BCUT2D eigenvalue weighted by Gasteiger charge is 2.41. The van der Waals surface area contributed by atoms with Crippen LogP contribution in [0, 0.1) is 0 Å². The number of unbranched alkanes of at least 4 members (excludes halogenated alkanes) is 1. The molecule has 2 atom stereocenters. The number of imide groups is 1. The first-order chi connectivity index (χ1) is 16.2. The number of rotatable bonds is 16. The smallest absolute Gasteiger partial charge is 0.242 e. The summed E-state index contributed by atoms with van der Waals surface area (Å²) in [4.78, 5) is 52.2. The summed E-state index contributed by atoms with van der Waals surface area (Å²) < 4.78 is 5.43. The van der Waals surface area contributed by atoms with Crippen molar-refractivity contribution in [3.63, 3.8) is 0 Å². The van der Waals surface area contributed by atoms with Gasteiger partial charge < -0.3 is 20.1 Å². The molecule has 4 amide bonds. The van der Waals surface area contributed by atoms with E-state index in [1.165, 1.54) is 28.5 Å². The van der Waals surface area contributed by atoms with Crippen molar-refractivity contribution < 1.29 is 29.0 Å². The van der Waals surface area contributed by atoms with E-state index in [0.29, 0.717) is 26.0 Å². The Hall–Kier alpha value is -1.65. The number of hydrogen-bond donors (Lipinski definition) is 2. The quantitative estimate of drug-likeness (QED) is 0.184. The summed E-state index contributed by atoms with van der Waals surface area (Å²) in [7, 11) is 1.54. The van der Waals surface area contributed by atoms with Crippen LogP contribution in [0.1, 0.15) is 86.5 Å². The molecule has 1 aliphatic heterocycles. The molecule has 1 aliphatic rings. The minimum atomic E-state index is -0.858. The predicted molar refractivity (Wildman–Crippen MR) is 138 cm³/mol. The Bertz CT molecular complexity index is 741. The molecule has 35 heavy (non-hydrogen) atoms. The highest BCUT2D eigenvalue weighted by molar-refractivity contribution is 8.02. The summed E-state index contributed by atoms with van der Waals surface area (Å²) in [6.07, 6.45) is 2.79. The van der Waals surface area contributed by atoms with Gasteiger partial charge in [-0.25, -0.2) is 0 Å². The molecule has 0 aromatic heterocycles. The van der Waals surface area contributed by atoms with E-state index >= 15 is 0 Å². The van der Waals surface area contributed by atoms with Crippen molar-refractivity contribution >= 4 is 35.4 Å². The molecule has 2 unspecified atom stereocenters. The number of carbonyl (C=O) groups excluding carboxylic acids is 4. The number of carbonyl (C=O) groups is 4. The fraction of sp³-hybridized carbons (Fsp3) is 0.840. The van der Waals surface area contributed by atoms with Gasteiger partial charge in [-0.1, -0.05) is 27.2 Å². The maximum atomic E-state index is 12.8. The lowest BCUT2D eigenvalue weighted by atomic mass is 10.1. The van der Waals surface area contributed by atoms with Crippen molar-refractivity contribution in [2.24, 2.45) is 0 Å². The molecule has 10 heteroatoms. The number of likely N-dealkylation sites (tertiary alicyclic amines) is 1. The molecule has 1 rings (SSSR count). The molecule has 2 N–H and O–H groups in total. The summed E-state index contributed by atoms with van der Waals surface area (Å²) in [5.74, 6) is -0.927. The van der Waals surface area contributed by atoms with Crippen molar-refractivity contribution in [2.75, 3.05) is 26.7 Å². The largest absolute Gasteiger partial charge is 0.376 e. The second-order valence-corrected chi connectivity index (χ2v) is 12.3. The molecule has 0 saturated carbocycles. The van der Waals surface area contributed by atoms with Crippen LogP contribution < -0.4 is 5.32 Å². The number of nitrogens with zero attached hydrogens (tertiary/aromatic N) is 2. The molecule has 0 bridgehead atoms. The van der Waals surface area contributed by atoms with Gasteiger partial charge in [0.25, 0.3) is 0 Å². The monoisotopic (exact) mass is 515 g/mol. The minimum Gasteiger partial charge on any atom is -0.376 e. The second kappa shape index (κ2) is 14.2. The number of ether oxygens (including phenoxy) is 1. The van der Waals surface area contributed by atoms with Crippen molar-refractivity contribution in [3.8, 4) is 0 Å². The molecule has 0 aromatic carbocycles. The first-order valence-corrected chi connectivity index (χ1v) is 13.4. The molecule has 202 valence electrons. The minimum absolute atomic E-state index is 0.0645. The van der Waals surface area contributed by atoms with Gasteiger partial charge in [-0.2, -0.15) is 0 Å². The molecule has 1 saturated heterocycles. The second-order valence-electron chi connectivity index (χ2n) is 10.4. The fourth-order valence-electron chi connectivity index (χ4n) is 3.59. The van der Waals surface area contributed by atoms with Gasteiger partial charge in [-0.3, -0.25) is 24.1 Å². The van der Waals surface area contributed by atoms with E-state index in [0.717, 1.165) is 12.8 Å². The lowest BCUT2D eigenvalue weighted by Crippen LogP contribution is -2.38. The van der Waals surface area contributed by atoms with Crippen molar-refractivity contribution in [2.45, 2.75) is 108 Å². The molecule has 9 nitrogen and oxygen atoms in total. The number of hydrogen-bond acceptors (Lipinski definition) is 7. The van der Waals surface area contributed by atoms with Crippen molar-refractivity contribution in [1.29, 1.82) is 0 Å². The molecular formula is C25H45N3O6S. The first kappa shape index (κ1) is 31.4. The lowest BCUT2D eigenvalue weighted by Gasteiger charge is -2.28. The van der Waals surface area contributed by atoms with Crippen molar-refractivity contribution in [3.05, 3.63) is 0 Å². The average Bonchev–Trinajstić information content (AvgIpc) is 3.01. The lowest BCUT2D eigenvalue weighted by molar-refractivity contribution is -0.139. The van der Waals surface area contributed by atoms with E-state index in [1.54, 1.807) is 7.05 Å². The standard InChI is InChI=1S/C25H45N3O6S/c1-8-9-16-34-24(3,4)13-14-26-20(30)11-15-28-22(32)17-19(23(28)33)35-25(5,6)12-10-21(31)27(7)18(2)29/h18-19,29H,8-17H2,1-7H3,(H,26,30). The average molecular weight is 516 g/mol. The Morgan fingerprint density at radius 3 is 2.49 bits per heavy atom. The Balaban J connectivity index is 2.45. The zero-order valence-electron chi connectivity index (χ0n) is 22.5. The van der Waals surface area contributed by atoms with E-state index in [1.807, 2.05) is 27.7 Å². The molecule has 0 spiro atoms. The third-order valence-corrected chi connectivity index (χ3v) is 7.66. The van der Waals surface area contributed by atoms with Gasteiger partial charge in [0.2, 0.25) is 23.6 Å². The van der Waals surface area contributed by atoms with Gasteiger partial charge in [0.15, 0.2) is 0 Å². The van der Waals surface area contributed by atoms with Gasteiger partial charge in [-0.15, -0.1) is 11.8 Å². The molecule has 0 aliphatic carbocycles. The SMILES string of the molecule is CCCCOC(C)(C)CCNC(=O)CCN1C(=O)CC(SC(C)(C)CCC(=O)N(C)C(C)O)C1=O. The van der Waals surface area contributed by atoms with Gasteiger partial charge in [0.05, 0.1) is 10.9 Å². The van der Waals surface area contributed by atoms with Gasteiger partial charge in [-0.05, 0) is 40.0 Å². The van der Waals surface area contributed by atoms with E-state index in [4.69, 9.17) is 4.74 Å². The summed E-state index contributed by atoms with van der Waals surface area (Å²) in [5, 5.41) is 11.9. The summed E-state index contributed by atoms with van der Waals surface area (Å²) in [6.45, 7) is 12.7. The van der Waals surface area contributed by atoms with Crippen LogP contribution in [0.5, 0.6) is 0 Å². The number of thioether (sulfide) groups is 1. The van der Waals surface area contributed by atoms with E-state index in [-0.39, 0.29) is 55.0 Å². The third-order valence-electron chi connectivity index (χ3n) is 6.16. The van der Waals surface area contributed by atoms with Gasteiger partial charge in [0, 0.05) is 50.8 Å².